The molecule has 1 atom stereocenters. The number of hydrogen-bond donors (Lipinski definition) is 2. The fraction of sp³-hybridized carbons (Fsp3) is 0.350. The molecule has 0 saturated carbocycles. The zero-order valence-electron chi connectivity index (χ0n) is 16.1. The maximum atomic E-state index is 13.1. The minimum absolute atomic E-state index is 0.0147. The summed E-state index contributed by atoms with van der Waals surface area (Å²) < 4.78 is 51.6. The van der Waals surface area contributed by atoms with Crippen LogP contribution in [0.4, 0.5) is 4.39 Å². The van der Waals surface area contributed by atoms with Gasteiger partial charge in [0.25, 0.3) is 5.91 Å². The zero-order valence-corrected chi connectivity index (χ0v) is 17.6. The first-order chi connectivity index (χ1) is 14.3. The van der Waals surface area contributed by atoms with Gasteiger partial charge in [0.1, 0.15) is 23.1 Å². The van der Waals surface area contributed by atoms with Gasteiger partial charge in [0.05, 0.1) is 17.7 Å². The molecule has 0 aromatic heterocycles. The van der Waals surface area contributed by atoms with Gasteiger partial charge in [-0.3, -0.25) is 4.79 Å². The molecule has 0 aliphatic carbocycles. The maximum Gasteiger partial charge on any atom is 0.251 e. The van der Waals surface area contributed by atoms with Gasteiger partial charge in [-0.05, 0) is 43.2 Å². The lowest BCUT2D eigenvalue weighted by Gasteiger charge is -2.13. The van der Waals surface area contributed by atoms with Crippen molar-refractivity contribution in [3.8, 4) is 5.75 Å². The van der Waals surface area contributed by atoms with Crippen LogP contribution in [-0.4, -0.2) is 46.7 Å². The molecule has 1 heterocycles. The molecule has 0 bridgehead atoms. The third kappa shape index (κ3) is 6.15. The Morgan fingerprint density at radius 3 is 2.83 bits per heavy atom. The normalized spacial score (nSPS) is 16.4. The molecule has 2 N–H and O–H groups in total. The third-order valence-corrected chi connectivity index (χ3v) is 6.37. The van der Waals surface area contributed by atoms with E-state index in [1.807, 2.05) is 0 Å². The summed E-state index contributed by atoms with van der Waals surface area (Å²) in [5.41, 5.74) is 0.141. The molecule has 7 nitrogen and oxygen atoms in total. The van der Waals surface area contributed by atoms with Gasteiger partial charge in [-0.2, -0.15) is 0 Å². The number of amides is 1. The van der Waals surface area contributed by atoms with E-state index >= 15 is 0 Å². The van der Waals surface area contributed by atoms with Crippen LogP contribution in [0.5, 0.6) is 5.75 Å². The highest BCUT2D eigenvalue weighted by atomic mass is 35.5. The van der Waals surface area contributed by atoms with Crippen LogP contribution in [0.3, 0.4) is 0 Å². The zero-order chi connectivity index (χ0) is 21.6. The first-order valence-corrected chi connectivity index (χ1v) is 11.3. The number of benzene rings is 2. The number of hydrogen-bond acceptors (Lipinski definition) is 5. The number of halogens is 2. The van der Waals surface area contributed by atoms with E-state index in [-0.39, 0.29) is 41.3 Å². The summed E-state index contributed by atoms with van der Waals surface area (Å²) in [4.78, 5) is 12.2. The molecule has 2 aromatic rings. The Hall–Kier alpha value is -2.20. The average molecular weight is 457 g/mol. The van der Waals surface area contributed by atoms with E-state index in [0.717, 1.165) is 12.8 Å². The van der Waals surface area contributed by atoms with E-state index in [9.17, 15) is 17.6 Å². The standard InChI is InChI=1S/C20H22ClFN2O5S/c21-18-7-6-14(11-19(18)30(26,27)24-13-17-5-2-9-28-17)20(25)23-8-10-29-16-4-1-3-15(22)12-16/h1,3-4,6-7,11-12,17,24H,2,5,8-10,13H2,(H,23,25). The molecule has 10 heteroatoms. The monoisotopic (exact) mass is 456 g/mol. The number of sulfonamides is 1. The fourth-order valence-electron chi connectivity index (χ4n) is 2.93. The molecule has 3 rings (SSSR count). The quantitative estimate of drug-likeness (QED) is 0.566. The molecule has 30 heavy (non-hydrogen) atoms. The van der Waals surface area contributed by atoms with Crippen LogP contribution in [0.2, 0.25) is 5.02 Å². The van der Waals surface area contributed by atoms with Crippen LogP contribution in [0.15, 0.2) is 47.4 Å². The van der Waals surface area contributed by atoms with Gasteiger partial charge in [0.15, 0.2) is 0 Å². The van der Waals surface area contributed by atoms with E-state index in [1.165, 1.54) is 36.4 Å². The lowest BCUT2D eigenvalue weighted by atomic mass is 10.2. The van der Waals surface area contributed by atoms with E-state index in [0.29, 0.717) is 12.4 Å². The lowest BCUT2D eigenvalue weighted by molar-refractivity contribution is 0.0946. The van der Waals surface area contributed by atoms with Crippen molar-refractivity contribution in [2.24, 2.45) is 0 Å². The summed E-state index contributed by atoms with van der Waals surface area (Å²) in [5, 5.41) is 2.64. The first-order valence-electron chi connectivity index (χ1n) is 9.42. The van der Waals surface area contributed by atoms with Crippen LogP contribution in [0.25, 0.3) is 0 Å². The fourth-order valence-corrected chi connectivity index (χ4v) is 4.52. The van der Waals surface area contributed by atoms with Crippen LogP contribution in [0.1, 0.15) is 23.2 Å². The Kier molecular flexibility index (Phi) is 7.65. The molecule has 1 fully saturated rings. The molecule has 1 amide bonds. The molecule has 2 aromatic carbocycles. The van der Waals surface area contributed by atoms with Crippen molar-refractivity contribution in [3.05, 3.63) is 58.9 Å². The molecule has 0 radical (unpaired) electrons. The number of carbonyl (C=O) groups is 1. The van der Waals surface area contributed by atoms with Crippen molar-refractivity contribution in [1.82, 2.24) is 10.0 Å². The van der Waals surface area contributed by atoms with Crippen molar-refractivity contribution in [2.75, 3.05) is 26.3 Å². The Morgan fingerprint density at radius 2 is 2.10 bits per heavy atom. The highest BCUT2D eigenvalue weighted by Crippen LogP contribution is 2.23. The Balaban J connectivity index is 1.57. The molecule has 1 saturated heterocycles. The molecule has 1 unspecified atom stereocenters. The summed E-state index contributed by atoms with van der Waals surface area (Å²) in [6, 6.07) is 9.68. The van der Waals surface area contributed by atoms with Gasteiger partial charge in [0, 0.05) is 24.8 Å². The van der Waals surface area contributed by atoms with Crippen LogP contribution < -0.4 is 14.8 Å². The third-order valence-electron chi connectivity index (χ3n) is 4.46. The molecular weight excluding hydrogens is 435 g/mol. The Morgan fingerprint density at radius 1 is 1.27 bits per heavy atom. The average Bonchev–Trinajstić information content (AvgIpc) is 3.24. The summed E-state index contributed by atoms with van der Waals surface area (Å²) >= 11 is 6.06. The molecule has 0 spiro atoms. The summed E-state index contributed by atoms with van der Waals surface area (Å²) in [5.74, 6) is -0.550. The predicted molar refractivity (Wildman–Crippen MR) is 110 cm³/mol. The number of nitrogens with one attached hydrogen (secondary N) is 2. The van der Waals surface area contributed by atoms with Crippen molar-refractivity contribution >= 4 is 27.5 Å². The maximum absolute atomic E-state index is 13.1. The first kappa shape index (κ1) is 22.5. The Bertz CT molecular complexity index is 996. The van der Waals surface area contributed by atoms with Crippen LogP contribution in [0, 0.1) is 5.82 Å². The van der Waals surface area contributed by atoms with E-state index < -0.39 is 21.7 Å². The van der Waals surface area contributed by atoms with Gasteiger partial charge in [0.2, 0.25) is 10.0 Å². The van der Waals surface area contributed by atoms with Gasteiger partial charge < -0.3 is 14.8 Å². The van der Waals surface area contributed by atoms with Crippen LogP contribution in [-0.2, 0) is 14.8 Å². The highest BCUT2D eigenvalue weighted by Gasteiger charge is 2.23. The van der Waals surface area contributed by atoms with E-state index in [4.69, 9.17) is 21.1 Å². The van der Waals surface area contributed by atoms with Gasteiger partial charge in [-0.1, -0.05) is 17.7 Å². The Labute approximate surface area is 179 Å². The van der Waals surface area contributed by atoms with Crippen molar-refractivity contribution < 1.29 is 27.1 Å². The number of ether oxygens (including phenoxy) is 2. The molecule has 1 aliphatic rings. The summed E-state index contributed by atoms with van der Waals surface area (Å²) in [6.07, 6.45) is 1.52. The SMILES string of the molecule is O=C(NCCOc1cccc(F)c1)c1ccc(Cl)c(S(=O)(=O)NCC2CCCO2)c1. The predicted octanol–water partition coefficient (Wildman–Crippen LogP) is 2.75. The topological polar surface area (TPSA) is 93.7 Å². The van der Waals surface area contributed by atoms with Crippen molar-refractivity contribution in [3.63, 3.8) is 0 Å². The molecular formula is C20H22ClFN2O5S. The number of carbonyl (C=O) groups excluding carboxylic acids is 1. The second kappa shape index (κ2) is 10.2. The molecule has 162 valence electrons. The molecule has 1 aliphatic heterocycles. The van der Waals surface area contributed by atoms with Gasteiger partial charge in [-0.25, -0.2) is 17.5 Å². The van der Waals surface area contributed by atoms with E-state index in [1.54, 1.807) is 6.07 Å². The van der Waals surface area contributed by atoms with Gasteiger partial charge in [-0.15, -0.1) is 0 Å². The number of rotatable bonds is 9. The van der Waals surface area contributed by atoms with Crippen LogP contribution >= 0.6 is 11.6 Å². The van der Waals surface area contributed by atoms with Gasteiger partial charge >= 0.3 is 0 Å². The summed E-state index contributed by atoms with van der Waals surface area (Å²) in [7, 11) is -3.90. The largest absolute Gasteiger partial charge is 0.492 e. The lowest BCUT2D eigenvalue weighted by Crippen LogP contribution is -2.32. The minimum Gasteiger partial charge on any atom is -0.492 e. The second-order valence-corrected chi connectivity index (χ2v) is 8.84. The second-order valence-electron chi connectivity index (χ2n) is 6.69. The highest BCUT2D eigenvalue weighted by molar-refractivity contribution is 7.89. The summed E-state index contributed by atoms with van der Waals surface area (Å²) in [6.45, 7) is 1.03. The van der Waals surface area contributed by atoms with E-state index in [2.05, 4.69) is 10.0 Å². The van der Waals surface area contributed by atoms with Crippen molar-refractivity contribution in [1.29, 1.82) is 0 Å². The minimum atomic E-state index is -3.90. The smallest absolute Gasteiger partial charge is 0.251 e. The van der Waals surface area contributed by atoms with Crippen molar-refractivity contribution in [2.45, 2.75) is 23.8 Å².